The van der Waals surface area contributed by atoms with Crippen molar-refractivity contribution in [3.8, 4) is 11.3 Å². The third-order valence-corrected chi connectivity index (χ3v) is 5.13. The number of hydrogen-bond acceptors (Lipinski definition) is 5. The zero-order chi connectivity index (χ0) is 17.1. The van der Waals surface area contributed by atoms with E-state index in [-0.39, 0.29) is 11.8 Å². The first-order valence-corrected chi connectivity index (χ1v) is 8.87. The molecule has 6 heteroatoms. The van der Waals surface area contributed by atoms with E-state index < -0.39 is 0 Å². The molecule has 1 N–H and O–H groups in total. The summed E-state index contributed by atoms with van der Waals surface area (Å²) >= 11 is 0. The zero-order valence-corrected chi connectivity index (χ0v) is 14.2. The molecule has 0 aliphatic carbocycles. The summed E-state index contributed by atoms with van der Waals surface area (Å²) in [5.41, 5.74) is 2.07. The molecule has 0 bridgehead atoms. The lowest BCUT2D eigenvalue weighted by Gasteiger charge is -2.44. The molecule has 0 spiro atoms. The Bertz CT molecular complexity index is 687. The molecule has 2 saturated heterocycles. The summed E-state index contributed by atoms with van der Waals surface area (Å²) in [4.78, 5) is 18.6. The number of nitrogens with one attached hydrogen (secondary N) is 1. The van der Waals surface area contributed by atoms with E-state index in [9.17, 15) is 4.79 Å². The van der Waals surface area contributed by atoms with Crippen molar-refractivity contribution in [2.45, 2.75) is 25.4 Å². The number of carbonyl (C=O) groups is 1. The van der Waals surface area contributed by atoms with Crippen LogP contribution in [0, 0.1) is 5.92 Å². The predicted octanol–water partition coefficient (Wildman–Crippen LogP) is 2.07. The van der Waals surface area contributed by atoms with Crippen molar-refractivity contribution in [1.82, 2.24) is 15.2 Å². The van der Waals surface area contributed by atoms with E-state index in [0.29, 0.717) is 12.6 Å². The Morgan fingerprint density at radius 1 is 1.20 bits per heavy atom. The minimum Gasteiger partial charge on any atom is -0.444 e. The zero-order valence-electron chi connectivity index (χ0n) is 14.2. The highest BCUT2D eigenvalue weighted by Crippen LogP contribution is 2.24. The number of aromatic nitrogens is 1. The maximum atomic E-state index is 12.3. The minimum atomic E-state index is 0.122. The van der Waals surface area contributed by atoms with E-state index in [1.165, 1.54) is 6.39 Å². The first kappa shape index (κ1) is 16.3. The van der Waals surface area contributed by atoms with Gasteiger partial charge in [0.25, 0.3) is 0 Å². The van der Waals surface area contributed by atoms with Crippen LogP contribution in [0.3, 0.4) is 0 Å². The fraction of sp³-hybridized carbons (Fsp3) is 0.474. The van der Waals surface area contributed by atoms with Crippen molar-refractivity contribution in [2.24, 2.45) is 5.92 Å². The lowest BCUT2D eigenvalue weighted by atomic mass is 9.94. The van der Waals surface area contributed by atoms with Crippen LogP contribution in [0.15, 0.2) is 41.3 Å². The van der Waals surface area contributed by atoms with Gasteiger partial charge in [-0.15, -0.1) is 0 Å². The van der Waals surface area contributed by atoms with E-state index in [4.69, 9.17) is 9.15 Å². The van der Waals surface area contributed by atoms with Crippen molar-refractivity contribution in [3.05, 3.63) is 42.4 Å². The Labute approximate surface area is 147 Å². The molecule has 2 aliphatic heterocycles. The van der Waals surface area contributed by atoms with Gasteiger partial charge in [-0.05, 0) is 18.4 Å². The summed E-state index contributed by atoms with van der Waals surface area (Å²) in [7, 11) is 0. The molecule has 1 aromatic carbocycles. The quantitative estimate of drug-likeness (QED) is 0.902. The van der Waals surface area contributed by atoms with Crippen molar-refractivity contribution in [2.75, 3.05) is 26.3 Å². The highest BCUT2D eigenvalue weighted by Gasteiger charge is 2.36. The first-order valence-electron chi connectivity index (χ1n) is 8.87. The van der Waals surface area contributed by atoms with Gasteiger partial charge < -0.3 is 14.5 Å². The summed E-state index contributed by atoms with van der Waals surface area (Å²) in [6.07, 6.45) is 5.29. The molecule has 1 aromatic heterocycles. The third kappa shape index (κ3) is 3.75. The number of carbonyl (C=O) groups excluding carboxylic acids is 1. The minimum absolute atomic E-state index is 0.122. The molecule has 2 aromatic rings. The maximum absolute atomic E-state index is 12.3. The molecule has 25 heavy (non-hydrogen) atoms. The highest BCUT2D eigenvalue weighted by molar-refractivity contribution is 5.80. The molecule has 0 atom stereocenters. The Morgan fingerprint density at radius 2 is 1.96 bits per heavy atom. The Hall–Kier alpha value is -2.18. The molecule has 3 heterocycles. The summed E-state index contributed by atoms with van der Waals surface area (Å²) in [5.74, 6) is 1.03. The second-order valence-electron chi connectivity index (χ2n) is 6.77. The van der Waals surface area contributed by atoms with Crippen LogP contribution in [-0.2, 0) is 16.1 Å². The molecule has 132 valence electrons. The molecule has 4 rings (SSSR count). The lowest BCUT2D eigenvalue weighted by Crippen LogP contribution is -2.58. The van der Waals surface area contributed by atoms with Gasteiger partial charge in [0, 0.05) is 44.5 Å². The molecule has 2 fully saturated rings. The molecule has 6 nitrogen and oxygen atoms in total. The van der Waals surface area contributed by atoms with E-state index in [0.717, 1.165) is 56.0 Å². The third-order valence-electron chi connectivity index (χ3n) is 5.13. The summed E-state index contributed by atoms with van der Waals surface area (Å²) in [6, 6.07) is 8.58. The second-order valence-corrected chi connectivity index (χ2v) is 6.77. The van der Waals surface area contributed by atoms with Crippen LogP contribution in [0.2, 0.25) is 0 Å². The Morgan fingerprint density at radius 3 is 2.64 bits per heavy atom. The number of hydrogen-bond donors (Lipinski definition) is 1. The number of benzene rings is 1. The van der Waals surface area contributed by atoms with Gasteiger partial charge in [-0.3, -0.25) is 9.69 Å². The van der Waals surface area contributed by atoms with E-state index >= 15 is 0 Å². The van der Waals surface area contributed by atoms with Gasteiger partial charge in [-0.1, -0.05) is 24.3 Å². The number of amides is 1. The standard InChI is InChI=1S/C19H23N3O3/c23-19(16-11-22(12-16)17-5-7-24-8-6-17)21-9-14-1-3-15(4-2-14)18-10-20-13-25-18/h1-4,10,13,16-17H,5-9,11-12H2,(H,21,23). The van der Waals surface area contributed by atoms with Gasteiger partial charge in [-0.25, -0.2) is 4.98 Å². The Kier molecular flexibility index (Phi) is 4.81. The van der Waals surface area contributed by atoms with Gasteiger partial charge in [0.15, 0.2) is 12.2 Å². The topological polar surface area (TPSA) is 67.6 Å². The van der Waals surface area contributed by atoms with E-state index in [1.54, 1.807) is 6.20 Å². The number of oxazole rings is 1. The van der Waals surface area contributed by atoms with Crippen molar-refractivity contribution >= 4 is 5.91 Å². The highest BCUT2D eigenvalue weighted by atomic mass is 16.5. The predicted molar refractivity (Wildman–Crippen MR) is 92.7 cm³/mol. The molecule has 0 unspecified atom stereocenters. The van der Waals surface area contributed by atoms with E-state index in [2.05, 4.69) is 15.2 Å². The smallest absolute Gasteiger partial charge is 0.225 e. The van der Waals surface area contributed by atoms with Gasteiger partial charge in [0.2, 0.25) is 5.91 Å². The van der Waals surface area contributed by atoms with Crippen molar-refractivity contribution in [3.63, 3.8) is 0 Å². The maximum Gasteiger partial charge on any atom is 0.225 e. The van der Waals surface area contributed by atoms with Crippen LogP contribution in [0.4, 0.5) is 0 Å². The molecule has 0 saturated carbocycles. The van der Waals surface area contributed by atoms with Crippen molar-refractivity contribution < 1.29 is 13.9 Å². The average Bonchev–Trinajstić information content (AvgIpc) is 3.15. The monoisotopic (exact) mass is 341 g/mol. The number of rotatable bonds is 5. The largest absolute Gasteiger partial charge is 0.444 e. The number of likely N-dealkylation sites (tertiary alicyclic amines) is 1. The van der Waals surface area contributed by atoms with Gasteiger partial charge in [0.1, 0.15) is 0 Å². The molecule has 1 amide bonds. The summed E-state index contributed by atoms with van der Waals surface area (Å²) in [6.45, 7) is 4.01. The molecule has 2 aliphatic rings. The Balaban J connectivity index is 1.23. The van der Waals surface area contributed by atoms with Crippen LogP contribution in [0.5, 0.6) is 0 Å². The van der Waals surface area contributed by atoms with E-state index in [1.807, 2.05) is 24.3 Å². The second kappa shape index (κ2) is 7.37. The van der Waals surface area contributed by atoms with Crippen LogP contribution in [0.25, 0.3) is 11.3 Å². The molecule has 0 radical (unpaired) electrons. The number of ether oxygens (including phenoxy) is 1. The van der Waals surface area contributed by atoms with Crippen LogP contribution < -0.4 is 5.32 Å². The van der Waals surface area contributed by atoms with Crippen LogP contribution >= 0.6 is 0 Å². The van der Waals surface area contributed by atoms with Gasteiger partial charge in [-0.2, -0.15) is 0 Å². The summed E-state index contributed by atoms with van der Waals surface area (Å²) in [5, 5.41) is 3.05. The molecular formula is C19H23N3O3. The van der Waals surface area contributed by atoms with Crippen LogP contribution in [-0.4, -0.2) is 48.1 Å². The molecular weight excluding hydrogens is 318 g/mol. The van der Waals surface area contributed by atoms with Crippen LogP contribution in [0.1, 0.15) is 18.4 Å². The lowest BCUT2D eigenvalue weighted by molar-refractivity contribution is -0.132. The normalized spacial score (nSPS) is 19.5. The SMILES string of the molecule is O=C(NCc1ccc(-c2cnco2)cc1)C1CN(C2CCOCC2)C1. The van der Waals surface area contributed by atoms with Gasteiger partial charge >= 0.3 is 0 Å². The fourth-order valence-corrected chi connectivity index (χ4v) is 3.51. The van der Waals surface area contributed by atoms with Gasteiger partial charge in [0.05, 0.1) is 12.1 Å². The average molecular weight is 341 g/mol. The first-order chi connectivity index (χ1) is 12.3. The summed E-state index contributed by atoms with van der Waals surface area (Å²) < 4.78 is 10.7. The van der Waals surface area contributed by atoms with Crippen molar-refractivity contribution in [1.29, 1.82) is 0 Å². The fourth-order valence-electron chi connectivity index (χ4n) is 3.51. The number of nitrogens with zero attached hydrogens (tertiary/aromatic N) is 2.